The average Bonchev–Trinajstić information content (AvgIpc) is 2.75. The predicted molar refractivity (Wildman–Crippen MR) is 131 cm³/mol. The van der Waals surface area contributed by atoms with E-state index in [0.29, 0.717) is 21.7 Å². The molecule has 2 heterocycles. The number of aliphatic imine (C=N–C) groups is 2. The van der Waals surface area contributed by atoms with Crippen LogP contribution in [0, 0.1) is 6.92 Å². The van der Waals surface area contributed by atoms with Crippen LogP contribution in [0.1, 0.15) is 11.3 Å². The summed E-state index contributed by atoms with van der Waals surface area (Å²) in [6.45, 7) is 1.89. The Hall–Kier alpha value is -2.81. The molecular formula is C21H20Cl2N6OS. The van der Waals surface area contributed by atoms with Gasteiger partial charge in [-0.05, 0) is 49.2 Å². The molecule has 3 rings (SSSR count). The molecular weight excluding hydrogens is 455 g/mol. The molecule has 3 aromatic rings. The molecule has 2 aromatic heterocycles. The lowest BCUT2D eigenvalue weighted by molar-refractivity contribution is 0.387. The van der Waals surface area contributed by atoms with E-state index in [4.69, 9.17) is 33.7 Å². The number of nitrogens with two attached hydrogens (primary N) is 1. The van der Waals surface area contributed by atoms with Crippen LogP contribution >= 0.6 is 35.1 Å². The fourth-order valence-electron chi connectivity index (χ4n) is 2.83. The number of hydrogen-bond acceptors (Lipinski definition) is 7. The molecule has 7 nitrogen and oxygen atoms in total. The molecule has 0 saturated carbocycles. The van der Waals surface area contributed by atoms with Gasteiger partial charge in [0.15, 0.2) is 5.82 Å². The van der Waals surface area contributed by atoms with E-state index < -0.39 is 0 Å². The molecule has 0 aliphatic heterocycles. The van der Waals surface area contributed by atoms with Gasteiger partial charge in [-0.1, -0.05) is 23.2 Å². The number of halogens is 2. The van der Waals surface area contributed by atoms with Gasteiger partial charge in [0.25, 0.3) is 0 Å². The van der Waals surface area contributed by atoms with Crippen molar-refractivity contribution in [2.24, 2.45) is 15.7 Å². The molecule has 160 valence electrons. The summed E-state index contributed by atoms with van der Waals surface area (Å²) in [7, 11) is 3.25. The predicted octanol–water partition coefficient (Wildman–Crippen LogP) is 5.55. The van der Waals surface area contributed by atoms with Crippen molar-refractivity contribution in [3.05, 3.63) is 57.8 Å². The summed E-state index contributed by atoms with van der Waals surface area (Å²) in [4.78, 5) is 17.7. The normalized spacial score (nSPS) is 11.4. The second kappa shape index (κ2) is 10.5. The minimum absolute atomic E-state index is 0.482. The highest BCUT2D eigenvalue weighted by Gasteiger charge is 2.14. The highest BCUT2D eigenvalue weighted by molar-refractivity contribution is 8.00. The number of nitrogens with one attached hydrogen (secondary N) is 1. The Morgan fingerprint density at radius 2 is 2.00 bits per heavy atom. The van der Waals surface area contributed by atoms with Crippen molar-refractivity contribution in [3.8, 4) is 17.0 Å². The van der Waals surface area contributed by atoms with Crippen molar-refractivity contribution in [1.82, 2.24) is 9.97 Å². The van der Waals surface area contributed by atoms with Crippen LogP contribution in [0.15, 0.2) is 51.4 Å². The second-order valence-electron chi connectivity index (χ2n) is 6.26. The Balaban J connectivity index is 1.97. The number of anilines is 1. The van der Waals surface area contributed by atoms with E-state index >= 15 is 0 Å². The highest BCUT2D eigenvalue weighted by Crippen LogP contribution is 2.36. The summed E-state index contributed by atoms with van der Waals surface area (Å²) in [5, 5.41) is 1.12. The number of hydrogen-bond donors (Lipinski definition) is 2. The number of rotatable bonds is 7. The third-order valence-electron chi connectivity index (χ3n) is 4.20. The van der Waals surface area contributed by atoms with E-state index in [9.17, 15) is 0 Å². The quantitative estimate of drug-likeness (QED) is 0.264. The largest absolute Gasteiger partial charge is 0.480 e. The fraction of sp³-hybridized carbons (Fsp3) is 0.143. The molecule has 0 aliphatic rings. The molecule has 0 aliphatic carbocycles. The first-order valence-electron chi connectivity index (χ1n) is 9.07. The van der Waals surface area contributed by atoms with E-state index in [-0.39, 0.29) is 0 Å². The Morgan fingerprint density at radius 3 is 2.71 bits per heavy atom. The number of pyridine rings is 2. The van der Waals surface area contributed by atoms with E-state index in [1.165, 1.54) is 24.5 Å². The van der Waals surface area contributed by atoms with Gasteiger partial charge < -0.3 is 15.2 Å². The minimum atomic E-state index is 0.482. The molecule has 0 saturated heterocycles. The van der Waals surface area contributed by atoms with Crippen molar-refractivity contribution in [3.63, 3.8) is 0 Å². The lowest BCUT2D eigenvalue weighted by atomic mass is 10.0. The standard InChI is InChI=1S/C21H20Cl2N6OS/c1-12-16(6-13(9-25-2)20(28-12)27-11-24)17-8-15(4-5-18(17)23)29-31-19-7-14(22)10-26-21(19)30-3/h4-11,29H,1-3H3,(H2,24,27,28). The summed E-state index contributed by atoms with van der Waals surface area (Å²) < 4.78 is 8.57. The van der Waals surface area contributed by atoms with Crippen LogP contribution in [-0.2, 0) is 0 Å². The number of methoxy groups -OCH3 is 1. The Kier molecular flexibility index (Phi) is 7.73. The van der Waals surface area contributed by atoms with Crippen molar-refractivity contribution in [1.29, 1.82) is 0 Å². The van der Waals surface area contributed by atoms with E-state index in [0.717, 1.165) is 33.0 Å². The van der Waals surface area contributed by atoms with Crippen LogP contribution < -0.4 is 15.2 Å². The van der Waals surface area contributed by atoms with E-state index in [1.54, 1.807) is 26.4 Å². The third-order valence-corrected chi connectivity index (χ3v) is 5.59. The van der Waals surface area contributed by atoms with Crippen molar-refractivity contribution in [2.75, 3.05) is 18.9 Å². The lowest BCUT2D eigenvalue weighted by Gasteiger charge is -2.13. The number of nitrogens with zero attached hydrogens (tertiary/aromatic N) is 4. The topological polar surface area (TPSA) is 97.8 Å². The molecule has 0 bridgehead atoms. The van der Waals surface area contributed by atoms with E-state index in [2.05, 4.69) is 24.7 Å². The maximum atomic E-state index is 6.53. The third kappa shape index (κ3) is 5.46. The Labute approximate surface area is 194 Å². The van der Waals surface area contributed by atoms with Gasteiger partial charge >= 0.3 is 0 Å². The van der Waals surface area contributed by atoms with Gasteiger partial charge in [-0.15, -0.1) is 0 Å². The fourth-order valence-corrected chi connectivity index (χ4v) is 4.04. The summed E-state index contributed by atoms with van der Waals surface area (Å²) in [6, 6.07) is 9.38. The Bertz CT molecular complexity index is 1150. The first kappa shape index (κ1) is 22.9. The lowest BCUT2D eigenvalue weighted by Crippen LogP contribution is -1.97. The minimum Gasteiger partial charge on any atom is -0.480 e. The molecule has 0 unspecified atom stereocenters. The maximum Gasteiger partial charge on any atom is 0.228 e. The molecule has 0 radical (unpaired) electrons. The van der Waals surface area contributed by atoms with Gasteiger partial charge in [-0.2, -0.15) is 0 Å². The maximum absolute atomic E-state index is 6.53. The van der Waals surface area contributed by atoms with Crippen molar-refractivity contribution < 1.29 is 4.74 Å². The van der Waals surface area contributed by atoms with Crippen LogP contribution in [0.4, 0.5) is 11.5 Å². The first-order chi connectivity index (χ1) is 15.0. The number of benzene rings is 1. The van der Waals surface area contributed by atoms with Crippen LogP contribution in [-0.4, -0.2) is 36.7 Å². The molecule has 10 heteroatoms. The molecule has 31 heavy (non-hydrogen) atoms. The zero-order valence-corrected chi connectivity index (χ0v) is 19.4. The molecule has 0 atom stereocenters. The van der Waals surface area contributed by atoms with Gasteiger partial charge in [-0.3, -0.25) is 4.99 Å². The van der Waals surface area contributed by atoms with Gasteiger partial charge in [0.2, 0.25) is 5.88 Å². The Morgan fingerprint density at radius 1 is 1.19 bits per heavy atom. The summed E-state index contributed by atoms with van der Waals surface area (Å²) >= 11 is 13.9. The average molecular weight is 475 g/mol. The first-order valence-corrected chi connectivity index (χ1v) is 10.6. The molecule has 0 fully saturated rings. The van der Waals surface area contributed by atoms with Gasteiger partial charge in [0, 0.05) is 52.6 Å². The van der Waals surface area contributed by atoms with Gasteiger partial charge in [-0.25, -0.2) is 15.0 Å². The van der Waals surface area contributed by atoms with E-state index in [1.807, 2.05) is 31.2 Å². The zero-order valence-electron chi connectivity index (χ0n) is 17.1. The van der Waals surface area contributed by atoms with Crippen LogP contribution in [0.3, 0.4) is 0 Å². The number of aromatic nitrogens is 2. The molecule has 0 spiro atoms. The number of ether oxygens (including phenoxy) is 1. The molecule has 3 N–H and O–H groups in total. The second-order valence-corrected chi connectivity index (χ2v) is 7.95. The monoisotopic (exact) mass is 474 g/mol. The van der Waals surface area contributed by atoms with Crippen LogP contribution in [0.25, 0.3) is 11.1 Å². The summed E-state index contributed by atoms with van der Waals surface area (Å²) in [6.07, 6.45) is 4.43. The zero-order chi connectivity index (χ0) is 22.4. The van der Waals surface area contributed by atoms with Gasteiger partial charge in [0.05, 0.1) is 23.4 Å². The smallest absolute Gasteiger partial charge is 0.228 e. The summed E-state index contributed by atoms with van der Waals surface area (Å²) in [5.74, 6) is 0.978. The van der Waals surface area contributed by atoms with Crippen LogP contribution in [0.2, 0.25) is 10.0 Å². The van der Waals surface area contributed by atoms with Crippen LogP contribution in [0.5, 0.6) is 5.88 Å². The van der Waals surface area contributed by atoms with Crippen molar-refractivity contribution in [2.45, 2.75) is 11.8 Å². The number of aryl methyl sites for hydroxylation is 1. The molecule has 1 aromatic carbocycles. The molecule has 0 amide bonds. The van der Waals surface area contributed by atoms with Gasteiger partial charge in [0.1, 0.15) is 0 Å². The highest BCUT2D eigenvalue weighted by atomic mass is 35.5. The van der Waals surface area contributed by atoms with Crippen molar-refractivity contribution >= 4 is 59.2 Å². The summed E-state index contributed by atoms with van der Waals surface area (Å²) in [5.41, 5.74) is 9.48. The SMILES string of the molecule is CN=Cc1cc(-c2cc(NSc3cc(Cl)cnc3OC)ccc2Cl)c(C)nc1N=CN.